The van der Waals surface area contributed by atoms with E-state index < -0.39 is 0 Å². The van der Waals surface area contributed by atoms with Gasteiger partial charge in [0.25, 0.3) is 0 Å². The minimum Gasteiger partial charge on any atom is -0.302 e. The molecule has 1 N–H and O–H groups in total. The van der Waals surface area contributed by atoms with E-state index >= 15 is 0 Å². The van der Waals surface area contributed by atoms with E-state index in [1.165, 1.54) is 16.9 Å². The lowest BCUT2D eigenvalue weighted by Gasteiger charge is -2.02. The maximum absolute atomic E-state index is 12.5. The van der Waals surface area contributed by atoms with Crippen molar-refractivity contribution in [2.45, 2.75) is 20.8 Å². The number of benzene rings is 1. The summed E-state index contributed by atoms with van der Waals surface area (Å²) in [6.45, 7) is 6.12. The fourth-order valence-corrected chi connectivity index (χ4v) is 4.13. The van der Waals surface area contributed by atoms with Gasteiger partial charge in [-0.1, -0.05) is 54.5 Å². The summed E-state index contributed by atoms with van der Waals surface area (Å²) in [4.78, 5) is 16.9. The number of nitrogens with zero attached hydrogens (tertiary/aromatic N) is 1. The quantitative estimate of drug-likeness (QED) is 0.829. The second-order valence-electron chi connectivity index (χ2n) is 6.26. The van der Waals surface area contributed by atoms with Crippen molar-refractivity contribution in [3.63, 3.8) is 0 Å². The van der Waals surface area contributed by atoms with Gasteiger partial charge in [0.05, 0.1) is 16.1 Å². The second-order valence-corrected chi connectivity index (χ2v) is 8.30. The van der Waals surface area contributed by atoms with Gasteiger partial charge in [-0.15, -0.1) is 0 Å². The van der Waals surface area contributed by atoms with Crippen LogP contribution in [0, 0.1) is 24.2 Å². The predicted molar refractivity (Wildman–Crippen MR) is 93.5 cm³/mol. The van der Waals surface area contributed by atoms with Gasteiger partial charge in [0, 0.05) is 0 Å². The second kappa shape index (κ2) is 5.52. The molecule has 1 aromatic heterocycles. The van der Waals surface area contributed by atoms with Crippen molar-refractivity contribution in [3.8, 4) is 0 Å². The molecule has 3 rings (SSSR count). The summed E-state index contributed by atoms with van der Waals surface area (Å²) in [6, 6.07) is 6.06. The third-order valence-corrected chi connectivity index (χ3v) is 5.46. The molecule has 1 aliphatic rings. The SMILES string of the molecule is Cc1ccc2nc(NC(=O)C3C(C=C(Cl)Cl)C3(C)C)sc2c1. The van der Waals surface area contributed by atoms with Crippen LogP contribution in [0.4, 0.5) is 5.13 Å². The average molecular weight is 355 g/mol. The zero-order chi connectivity index (χ0) is 16.1. The van der Waals surface area contributed by atoms with Crippen molar-refractivity contribution in [2.24, 2.45) is 17.3 Å². The molecule has 116 valence electrons. The Bertz CT molecular complexity index is 778. The van der Waals surface area contributed by atoms with Gasteiger partial charge in [0.15, 0.2) is 5.13 Å². The van der Waals surface area contributed by atoms with E-state index in [1.54, 1.807) is 6.08 Å². The molecule has 6 heteroatoms. The number of rotatable bonds is 3. The van der Waals surface area contributed by atoms with Crippen molar-refractivity contribution >= 4 is 55.8 Å². The first-order chi connectivity index (χ1) is 10.3. The van der Waals surface area contributed by atoms with E-state index in [2.05, 4.69) is 16.4 Å². The van der Waals surface area contributed by atoms with Gasteiger partial charge in [-0.25, -0.2) is 4.98 Å². The van der Waals surface area contributed by atoms with Gasteiger partial charge < -0.3 is 5.32 Å². The molecule has 1 aromatic carbocycles. The van der Waals surface area contributed by atoms with Crippen molar-refractivity contribution in [1.29, 1.82) is 0 Å². The molecular formula is C16H16Cl2N2OS. The Morgan fingerprint density at radius 2 is 2.14 bits per heavy atom. The van der Waals surface area contributed by atoms with Crippen LogP contribution < -0.4 is 5.32 Å². The molecule has 1 aliphatic carbocycles. The molecule has 0 radical (unpaired) electrons. The first-order valence-corrected chi connectivity index (χ1v) is 8.57. The fourth-order valence-electron chi connectivity index (χ4n) is 2.89. The fraction of sp³-hybridized carbons (Fsp3) is 0.375. The van der Waals surface area contributed by atoms with Crippen LogP contribution in [0.15, 0.2) is 28.8 Å². The number of aryl methyl sites for hydroxylation is 1. The molecule has 1 fully saturated rings. The normalized spacial score (nSPS) is 22.4. The van der Waals surface area contributed by atoms with Crippen LogP contribution >= 0.6 is 34.5 Å². The highest BCUT2D eigenvalue weighted by atomic mass is 35.5. The zero-order valence-electron chi connectivity index (χ0n) is 12.5. The van der Waals surface area contributed by atoms with Gasteiger partial charge in [-0.05, 0) is 42.0 Å². The van der Waals surface area contributed by atoms with Crippen LogP contribution in [0.3, 0.4) is 0 Å². The monoisotopic (exact) mass is 354 g/mol. The number of carbonyl (C=O) groups excluding carboxylic acids is 1. The molecule has 3 nitrogen and oxygen atoms in total. The average Bonchev–Trinajstić information content (AvgIpc) is 2.76. The highest BCUT2D eigenvalue weighted by Gasteiger charge is 2.60. The van der Waals surface area contributed by atoms with Crippen LogP contribution in [0.5, 0.6) is 0 Å². The third kappa shape index (κ3) is 2.87. The Hall–Kier alpha value is -1.10. The number of thiazole rings is 1. The molecule has 0 spiro atoms. The maximum atomic E-state index is 12.5. The lowest BCUT2D eigenvalue weighted by atomic mass is 10.1. The minimum atomic E-state index is -0.133. The van der Waals surface area contributed by atoms with E-state index in [9.17, 15) is 4.79 Å². The number of halogens is 2. The zero-order valence-corrected chi connectivity index (χ0v) is 14.8. The summed E-state index contributed by atoms with van der Waals surface area (Å²) in [5.41, 5.74) is 1.95. The summed E-state index contributed by atoms with van der Waals surface area (Å²) < 4.78 is 1.29. The summed E-state index contributed by atoms with van der Waals surface area (Å²) in [5.74, 6) is -0.0977. The first-order valence-electron chi connectivity index (χ1n) is 7.00. The van der Waals surface area contributed by atoms with Crippen LogP contribution in [0.1, 0.15) is 19.4 Å². The molecule has 2 atom stereocenters. The lowest BCUT2D eigenvalue weighted by molar-refractivity contribution is -0.118. The van der Waals surface area contributed by atoms with Gasteiger partial charge in [-0.2, -0.15) is 0 Å². The lowest BCUT2D eigenvalue weighted by Crippen LogP contribution is -2.16. The molecule has 0 aliphatic heterocycles. The van der Waals surface area contributed by atoms with Crippen molar-refractivity contribution in [1.82, 2.24) is 4.98 Å². The van der Waals surface area contributed by atoms with Gasteiger partial charge in [0.1, 0.15) is 4.49 Å². The van der Waals surface area contributed by atoms with Crippen molar-refractivity contribution in [3.05, 3.63) is 34.3 Å². The summed E-state index contributed by atoms with van der Waals surface area (Å²) >= 11 is 12.9. The number of hydrogen-bond donors (Lipinski definition) is 1. The van der Waals surface area contributed by atoms with E-state index in [0.717, 1.165) is 10.2 Å². The summed E-state index contributed by atoms with van der Waals surface area (Å²) in [7, 11) is 0. The highest BCUT2D eigenvalue weighted by Crippen LogP contribution is 2.60. The Morgan fingerprint density at radius 1 is 1.41 bits per heavy atom. The van der Waals surface area contributed by atoms with E-state index in [4.69, 9.17) is 23.2 Å². The number of nitrogens with one attached hydrogen (secondary N) is 1. The van der Waals surface area contributed by atoms with Gasteiger partial charge >= 0.3 is 0 Å². The van der Waals surface area contributed by atoms with Gasteiger partial charge in [0.2, 0.25) is 5.91 Å². The molecule has 22 heavy (non-hydrogen) atoms. The van der Waals surface area contributed by atoms with E-state index in [0.29, 0.717) is 5.13 Å². The number of carbonyl (C=O) groups is 1. The van der Waals surface area contributed by atoms with E-state index in [-0.39, 0.29) is 27.6 Å². The number of hydrogen-bond acceptors (Lipinski definition) is 3. The van der Waals surface area contributed by atoms with Gasteiger partial charge in [-0.3, -0.25) is 4.79 Å². The molecule has 1 amide bonds. The summed E-state index contributed by atoms with van der Waals surface area (Å²) in [6.07, 6.45) is 1.75. The third-order valence-electron chi connectivity index (χ3n) is 4.27. The molecule has 2 unspecified atom stereocenters. The number of amides is 1. The topological polar surface area (TPSA) is 42.0 Å². The maximum Gasteiger partial charge on any atom is 0.230 e. The summed E-state index contributed by atoms with van der Waals surface area (Å²) in [5, 5.41) is 3.56. The minimum absolute atomic E-state index is 0.0309. The molecule has 0 bridgehead atoms. The number of allylic oxidation sites excluding steroid dienone is 1. The standard InChI is InChI=1S/C16H16Cl2N2OS/c1-8-4-5-10-11(6-8)22-15(19-10)20-14(21)13-9(7-12(17)18)16(13,2)3/h4-7,9,13H,1-3H3,(H,19,20,21). The number of aromatic nitrogens is 1. The largest absolute Gasteiger partial charge is 0.302 e. The van der Waals surface area contributed by atoms with Crippen molar-refractivity contribution < 1.29 is 4.79 Å². The number of anilines is 1. The van der Waals surface area contributed by atoms with Crippen LogP contribution in [-0.2, 0) is 4.79 Å². The highest BCUT2D eigenvalue weighted by molar-refractivity contribution is 7.22. The van der Waals surface area contributed by atoms with Crippen LogP contribution in [0.2, 0.25) is 0 Å². The Morgan fingerprint density at radius 3 is 2.82 bits per heavy atom. The smallest absolute Gasteiger partial charge is 0.230 e. The molecular weight excluding hydrogens is 339 g/mol. The van der Waals surface area contributed by atoms with Crippen LogP contribution in [-0.4, -0.2) is 10.9 Å². The predicted octanol–water partition coefficient (Wildman–Crippen LogP) is 5.13. The number of fused-ring (bicyclic) bond motifs is 1. The molecule has 2 aromatic rings. The molecule has 0 saturated heterocycles. The molecule has 1 saturated carbocycles. The Balaban J connectivity index is 1.78. The molecule has 1 heterocycles. The Kier molecular flexibility index (Phi) is 3.96. The van der Waals surface area contributed by atoms with E-state index in [1.807, 2.05) is 32.9 Å². The van der Waals surface area contributed by atoms with Crippen molar-refractivity contribution in [2.75, 3.05) is 5.32 Å². The first kappa shape index (κ1) is 15.8. The van der Waals surface area contributed by atoms with Crippen LogP contribution in [0.25, 0.3) is 10.2 Å². The Labute approximate surface area is 143 Å².